The average molecular weight is 462 g/mol. The molecule has 0 bridgehead atoms. The van der Waals surface area contributed by atoms with E-state index in [2.05, 4.69) is 15.5 Å². The lowest BCUT2D eigenvalue weighted by Crippen LogP contribution is -2.36. The second-order valence-corrected chi connectivity index (χ2v) is 10.1. The van der Waals surface area contributed by atoms with E-state index in [1.54, 1.807) is 20.8 Å². The van der Waals surface area contributed by atoms with Gasteiger partial charge in [-0.05, 0) is 44.0 Å². The molecule has 0 unspecified atom stereocenters. The van der Waals surface area contributed by atoms with Crippen LogP contribution in [-0.4, -0.2) is 30.3 Å². The van der Waals surface area contributed by atoms with Crippen LogP contribution in [0.2, 0.25) is 0 Å². The molecule has 0 aliphatic carbocycles. The molecule has 3 aromatic rings. The Labute approximate surface area is 185 Å². The zero-order valence-electron chi connectivity index (χ0n) is 17.9. The summed E-state index contributed by atoms with van der Waals surface area (Å²) in [5.74, 6) is -1.14. The van der Waals surface area contributed by atoms with Gasteiger partial charge in [0.05, 0.1) is 5.75 Å². The molecule has 0 saturated carbocycles. The first-order valence-electron chi connectivity index (χ1n) is 9.86. The van der Waals surface area contributed by atoms with Gasteiger partial charge < -0.3 is 14.5 Å². The molecule has 0 aliphatic heterocycles. The molecule has 0 fully saturated rings. The number of hydrogen-bond acceptors (Lipinski definition) is 7. The van der Waals surface area contributed by atoms with Crippen molar-refractivity contribution >= 4 is 15.9 Å². The SMILES string of the molecule is CC(C)(C)OC(=O)N[C@H](Cc1ccccc1)c1nnc(S(=O)(=O)Cc2cccc(F)c2)o1. The molecule has 2 aromatic carbocycles. The molecule has 1 aromatic heterocycles. The first kappa shape index (κ1) is 23.4. The van der Waals surface area contributed by atoms with Crippen molar-refractivity contribution in [2.45, 2.75) is 49.8 Å². The molecule has 0 radical (unpaired) electrons. The summed E-state index contributed by atoms with van der Waals surface area (Å²) in [5, 5.41) is 9.56. The molecule has 32 heavy (non-hydrogen) atoms. The van der Waals surface area contributed by atoms with E-state index in [0.29, 0.717) is 0 Å². The summed E-state index contributed by atoms with van der Waals surface area (Å²) < 4.78 is 49.5. The van der Waals surface area contributed by atoms with E-state index in [0.717, 1.165) is 11.6 Å². The molecule has 0 saturated heterocycles. The lowest BCUT2D eigenvalue weighted by Gasteiger charge is -2.22. The largest absolute Gasteiger partial charge is 0.444 e. The Morgan fingerprint density at radius 2 is 1.78 bits per heavy atom. The van der Waals surface area contributed by atoms with Crippen LogP contribution in [0.25, 0.3) is 0 Å². The normalized spacial score (nSPS) is 12.9. The van der Waals surface area contributed by atoms with Crippen molar-refractivity contribution in [3.05, 3.63) is 77.4 Å². The van der Waals surface area contributed by atoms with Crippen molar-refractivity contribution in [2.24, 2.45) is 0 Å². The molecule has 0 aliphatic rings. The minimum Gasteiger partial charge on any atom is -0.444 e. The third kappa shape index (κ3) is 6.61. The van der Waals surface area contributed by atoms with Gasteiger partial charge in [0, 0.05) is 6.42 Å². The van der Waals surface area contributed by atoms with Crippen LogP contribution in [0.3, 0.4) is 0 Å². The third-order valence-electron chi connectivity index (χ3n) is 4.21. The van der Waals surface area contributed by atoms with Crippen LogP contribution in [-0.2, 0) is 26.7 Å². The van der Waals surface area contributed by atoms with E-state index in [4.69, 9.17) is 9.15 Å². The van der Waals surface area contributed by atoms with E-state index in [-0.39, 0.29) is 17.9 Å². The fraction of sp³-hybridized carbons (Fsp3) is 0.318. The molecular weight excluding hydrogens is 437 g/mol. The maximum Gasteiger partial charge on any atom is 0.408 e. The summed E-state index contributed by atoms with van der Waals surface area (Å²) in [6, 6.07) is 13.6. The Hall–Kier alpha value is -3.27. The van der Waals surface area contributed by atoms with Gasteiger partial charge in [0.2, 0.25) is 15.7 Å². The molecule has 1 heterocycles. The number of halogens is 1. The molecule has 10 heteroatoms. The minimum absolute atomic E-state index is 0.0856. The lowest BCUT2D eigenvalue weighted by atomic mass is 10.1. The number of ether oxygens (including phenoxy) is 1. The molecule has 0 spiro atoms. The summed E-state index contributed by atoms with van der Waals surface area (Å²) in [7, 11) is -4.02. The van der Waals surface area contributed by atoms with Crippen molar-refractivity contribution < 1.29 is 26.8 Å². The summed E-state index contributed by atoms with van der Waals surface area (Å²) in [6.07, 6.45) is -0.438. The highest BCUT2D eigenvalue weighted by Crippen LogP contribution is 2.22. The maximum absolute atomic E-state index is 13.4. The van der Waals surface area contributed by atoms with Gasteiger partial charge in [-0.25, -0.2) is 17.6 Å². The van der Waals surface area contributed by atoms with E-state index >= 15 is 0 Å². The molecule has 3 rings (SSSR count). The van der Waals surface area contributed by atoms with E-state index in [1.165, 1.54) is 18.2 Å². The second-order valence-electron chi connectivity index (χ2n) is 8.18. The van der Waals surface area contributed by atoms with Crippen LogP contribution >= 0.6 is 0 Å². The predicted molar refractivity (Wildman–Crippen MR) is 114 cm³/mol. The number of aromatic nitrogens is 2. The van der Waals surface area contributed by atoms with Gasteiger partial charge in [-0.1, -0.05) is 47.6 Å². The van der Waals surface area contributed by atoms with Crippen molar-refractivity contribution in [1.29, 1.82) is 0 Å². The monoisotopic (exact) mass is 461 g/mol. The number of nitrogens with zero attached hydrogens (tertiary/aromatic N) is 2. The maximum atomic E-state index is 13.4. The molecular formula is C22H24FN3O5S. The molecule has 1 N–H and O–H groups in total. The third-order valence-corrected chi connectivity index (χ3v) is 5.62. The number of carbonyl (C=O) groups is 1. The zero-order valence-corrected chi connectivity index (χ0v) is 18.7. The predicted octanol–water partition coefficient (Wildman–Crippen LogP) is 3.99. The summed E-state index contributed by atoms with van der Waals surface area (Å²) in [5.41, 5.74) is 0.378. The van der Waals surface area contributed by atoms with Gasteiger partial charge in [0.25, 0.3) is 0 Å². The fourth-order valence-corrected chi connectivity index (χ4v) is 4.01. The topological polar surface area (TPSA) is 111 Å². The zero-order chi connectivity index (χ0) is 23.4. The number of amides is 1. The molecule has 170 valence electrons. The number of carbonyl (C=O) groups excluding carboxylic acids is 1. The Bertz CT molecular complexity index is 1170. The van der Waals surface area contributed by atoms with E-state index in [9.17, 15) is 17.6 Å². The van der Waals surface area contributed by atoms with Crippen molar-refractivity contribution in [2.75, 3.05) is 0 Å². The van der Waals surface area contributed by atoms with Crippen LogP contribution in [0.4, 0.5) is 9.18 Å². The Balaban J connectivity index is 1.84. The number of alkyl carbamates (subject to hydrolysis) is 1. The quantitative estimate of drug-likeness (QED) is 0.566. The molecule has 1 amide bonds. The highest BCUT2D eigenvalue weighted by atomic mass is 32.2. The average Bonchev–Trinajstić information content (AvgIpc) is 3.18. The van der Waals surface area contributed by atoms with Crippen molar-refractivity contribution in [3.8, 4) is 0 Å². The standard InChI is InChI=1S/C22H24FN3O5S/c1-22(2,3)31-20(27)24-18(13-15-8-5-4-6-9-15)19-25-26-21(30-19)32(28,29)14-16-10-7-11-17(23)12-16/h4-12,18H,13-14H2,1-3H3,(H,24,27)/t18-/m1/s1. The van der Waals surface area contributed by atoms with E-state index < -0.39 is 44.4 Å². The van der Waals surface area contributed by atoms with Gasteiger partial charge in [-0.2, -0.15) is 0 Å². The van der Waals surface area contributed by atoms with Crippen LogP contribution in [0.1, 0.15) is 43.8 Å². The van der Waals surface area contributed by atoms with Gasteiger partial charge >= 0.3 is 11.3 Å². The van der Waals surface area contributed by atoms with Crippen LogP contribution in [0.5, 0.6) is 0 Å². The first-order valence-corrected chi connectivity index (χ1v) is 11.5. The molecule has 8 nitrogen and oxygen atoms in total. The van der Waals surface area contributed by atoms with Crippen molar-refractivity contribution in [3.63, 3.8) is 0 Å². The van der Waals surface area contributed by atoms with Gasteiger partial charge in [0.15, 0.2) is 0 Å². The van der Waals surface area contributed by atoms with Crippen LogP contribution in [0, 0.1) is 5.82 Å². The first-order chi connectivity index (χ1) is 15.0. The Morgan fingerprint density at radius 3 is 2.44 bits per heavy atom. The van der Waals surface area contributed by atoms with Gasteiger partial charge in [-0.15, -0.1) is 5.10 Å². The summed E-state index contributed by atoms with van der Waals surface area (Å²) >= 11 is 0. The number of benzene rings is 2. The Morgan fingerprint density at radius 1 is 1.09 bits per heavy atom. The number of nitrogens with one attached hydrogen (secondary N) is 1. The van der Waals surface area contributed by atoms with Crippen LogP contribution in [0.15, 0.2) is 64.2 Å². The number of rotatable bonds is 7. The van der Waals surface area contributed by atoms with Gasteiger partial charge in [-0.3, -0.25) is 0 Å². The smallest absolute Gasteiger partial charge is 0.408 e. The van der Waals surface area contributed by atoms with Crippen molar-refractivity contribution in [1.82, 2.24) is 15.5 Å². The minimum atomic E-state index is -4.02. The molecule has 1 atom stereocenters. The Kier molecular flexibility index (Phi) is 6.93. The lowest BCUT2D eigenvalue weighted by molar-refractivity contribution is 0.0494. The summed E-state index contributed by atoms with van der Waals surface area (Å²) in [6.45, 7) is 5.17. The highest BCUT2D eigenvalue weighted by molar-refractivity contribution is 7.90. The number of sulfone groups is 1. The van der Waals surface area contributed by atoms with Crippen LogP contribution < -0.4 is 5.32 Å². The second kappa shape index (κ2) is 9.47. The highest BCUT2D eigenvalue weighted by Gasteiger charge is 2.29. The fourth-order valence-electron chi connectivity index (χ4n) is 2.89. The number of hydrogen-bond donors (Lipinski definition) is 1. The van der Waals surface area contributed by atoms with Gasteiger partial charge in [0.1, 0.15) is 17.5 Å². The van der Waals surface area contributed by atoms with E-state index in [1.807, 2.05) is 30.3 Å². The summed E-state index contributed by atoms with van der Waals surface area (Å²) in [4.78, 5) is 12.3.